The van der Waals surface area contributed by atoms with Gasteiger partial charge in [0.2, 0.25) is 0 Å². The average molecular weight is 338 g/mol. The fourth-order valence-electron chi connectivity index (χ4n) is 1.46. The molecule has 1 N–H and O–H groups in total. The molecule has 22 heavy (non-hydrogen) atoms. The molecule has 0 heterocycles. The molecule has 0 aromatic heterocycles. The first-order valence-corrected chi connectivity index (χ1v) is 4.98. The van der Waals surface area contributed by atoms with Gasteiger partial charge in [0, 0.05) is 5.56 Å². The van der Waals surface area contributed by atoms with E-state index >= 15 is 0 Å². The topological polar surface area (TPSA) is 37.3 Å². The van der Waals surface area contributed by atoms with Gasteiger partial charge in [0.25, 0.3) is 0 Å². The minimum atomic E-state index is -6.53. The first-order chi connectivity index (χ1) is 9.75. The Kier molecular flexibility index (Phi) is 4.23. The van der Waals surface area contributed by atoms with Gasteiger partial charge in [0.05, 0.1) is 11.1 Å². The van der Waals surface area contributed by atoms with E-state index in [1.54, 1.807) is 0 Å². The van der Waals surface area contributed by atoms with E-state index in [0.717, 1.165) is 0 Å². The highest BCUT2D eigenvalue weighted by Crippen LogP contribution is 2.48. The van der Waals surface area contributed by atoms with Crippen molar-refractivity contribution >= 4 is 11.5 Å². The smallest absolute Gasteiger partial charge is 0.458 e. The Bertz CT molecular complexity index is 661. The molecule has 0 spiro atoms. The fourth-order valence-corrected chi connectivity index (χ4v) is 1.46. The Balaban J connectivity index is 3.99. The summed E-state index contributed by atoms with van der Waals surface area (Å²) in [7, 11) is 0. The second kappa shape index (κ2) is 5.21. The molecule has 1 aromatic carbocycles. The molecule has 0 aliphatic rings. The van der Waals surface area contributed by atoms with Crippen molar-refractivity contribution < 1.29 is 49.4 Å². The molecule has 0 atom stereocenters. The molecule has 11 heteroatoms. The number of benzene rings is 1. The largest absolute Gasteiger partial charge is 0.478 e. The quantitative estimate of drug-likeness (QED) is 0.392. The normalized spacial score (nSPS) is 12.4. The van der Waals surface area contributed by atoms with Crippen LogP contribution in [0.25, 0.3) is 5.57 Å². The van der Waals surface area contributed by atoms with Crippen LogP contribution in [0.5, 0.6) is 0 Å². The highest BCUT2D eigenvalue weighted by molar-refractivity contribution is 6.15. The van der Waals surface area contributed by atoms with Crippen molar-refractivity contribution in [3.8, 4) is 0 Å². The van der Waals surface area contributed by atoms with Gasteiger partial charge >= 0.3 is 18.1 Å². The zero-order valence-corrected chi connectivity index (χ0v) is 9.96. The number of carbonyl (C=O) groups is 1. The van der Waals surface area contributed by atoms with E-state index in [1.807, 2.05) is 0 Å². The molecule has 0 saturated heterocycles. The van der Waals surface area contributed by atoms with Crippen molar-refractivity contribution in [2.45, 2.75) is 12.1 Å². The molecule has 0 saturated carbocycles. The molecule has 1 rings (SSSR count). The molecule has 0 bridgehead atoms. The summed E-state index contributed by atoms with van der Waals surface area (Å²) in [5, 5.41) is 8.47. The maximum Gasteiger partial charge on any atom is 0.458 e. The van der Waals surface area contributed by atoms with Crippen molar-refractivity contribution in [3.63, 3.8) is 0 Å². The summed E-state index contributed by atoms with van der Waals surface area (Å²) in [4.78, 5) is 10.6. The van der Waals surface area contributed by atoms with Gasteiger partial charge < -0.3 is 5.11 Å². The van der Waals surface area contributed by atoms with Crippen LogP contribution in [-0.4, -0.2) is 17.3 Å². The zero-order valence-electron chi connectivity index (χ0n) is 9.96. The van der Waals surface area contributed by atoms with Crippen LogP contribution in [0.15, 0.2) is 6.58 Å². The molecule has 0 aliphatic carbocycles. The lowest BCUT2D eigenvalue weighted by Gasteiger charge is -2.23. The van der Waals surface area contributed by atoms with Gasteiger partial charge in [-0.3, -0.25) is 0 Å². The lowest BCUT2D eigenvalue weighted by atomic mass is 9.94. The first-order valence-electron chi connectivity index (χ1n) is 4.98. The van der Waals surface area contributed by atoms with Gasteiger partial charge in [0.15, 0.2) is 23.3 Å². The van der Waals surface area contributed by atoms with Crippen LogP contribution in [0.3, 0.4) is 0 Å². The molecule has 2 nitrogen and oxygen atoms in total. The minimum Gasteiger partial charge on any atom is -0.478 e. The van der Waals surface area contributed by atoms with E-state index in [0.29, 0.717) is 0 Å². The molecular formula is C11H3F9O2. The number of carboxylic acid groups (broad SMARTS) is 1. The van der Waals surface area contributed by atoms with E-state index in [-0.39, 0.29) is 0 Å². The van der Waals surface area contributed by atoms with Crippen LogP contribution in [0.2, 0.25) is 0 Å². The standard InChI is InChI=1S/C11H3F9O2/c1-2(9(21)22)3-4(10(16,17)11(18,19)20)6(13)8(15)7(14)5(3)12/h1H2,(H,21,22). The molecule has 0 amide bonds. The summed E-state index contributed by atoms with van der Waals surface area (Å²) >= 11 is 0. The van der Waals surface area contributed by atoms with Crippen LogP contribution < -0.4 is 0 Å². The van der Waals surface area contributed by atoms with Gasteiger partial charge in [-0.1, -0.05) is 6.58 Å². The second-order valence-electron chi connectivity index (χ2n) is 3.86. The van der Waals surface area contributed by atoms with E-state index in [1.165, 1.54) is 0 Å². The van der Waals surface area contributed by atoms with E-state index in [4.69, 9.17) is 5.11 Å². The predicted octanol–water partition coefficient (Wildman–Crippen LogP) is 3.99. The zero-order chi connectivity index (χ0) is 17.6. The minimum absolute atomic E-state index is 1.81. The lowest BCUT2D eigenvalue weighted by Crippen LogP contribution is -2.36. The molecule has 122 valence electrons. The highest BCUT2D eigenvalue weighted by atomic mass is 19.4. The van der Waals surface area contributed by atoms with Gasteiger partial charge in [-0.15, -0.1) is 0 Å². The van der Waals surface area contributed by atoms with Gasteiger partial charge in [-0.25, -0.2) is 22.4 Å². The summed E-state index contributed by atoms with van der Waals surface area (Å²) in [5.74, 6) is -20.0. The fraction of sp³-hybridized carbons (Fsp3) is 0.182. The van der Waals surface area contributed by atoms with Crippen molar-refractivity contribution in [1.29, 1.82) is 0 Å². The molecular weight excluding hydrogens is 335 g/mol. The number of carboxylic acids is 1. The van der Waals surface area contributed by atoms with Gasteiger partial charge in [-0.2, -0.15) is 22.0 Å². The van der Waals surface area contributed by atoms with Crippen molar-refractivity contribution in [1.82, 2.24) is 0 Å². The first kappa shape index (κ1) is 17.9. The average Bonchev–Trinajstić information content (AvgIpc) is 2.37. The molecule has 0 radical (unpaired) electrons. The predicted molar refractivity (Wildman–Crippen MR) is 52.9 cm³/mol. The van der Waals surface area contributed by atoms with Crippen LogP contribution in [-0.2, 0) is 10.7 Å². The van der Waals surface area contributed by atoms with Gasteiger partial charge in [-0.05, 0) is 0 Å². The third-order valence-electron chi connectivity index (χ3n) is 2.50. The SMILES string of the molecule is C=C(C(=O)O)c1c(F)c(F)c(F)c(F)c1C(F)(F)C(F)(F)F. The summed E-state index contributed by atoms with van der Waals surface area (Å²) in [5.41, 5.74) is -7.12. The van der Waals surface area contributed by atoms with E-state index in [9.17, 15) is 44.3 Å². The van der Waals surface area contributed by atoms with Crippen LogP contribution >= 0.6 is 0 Å². The van der Waals surface area contributed by atoms with Crippen LogP contribution in [0, 0.1) is 23.3 Å². The Morgan fingerprint density at radius 1 is 0.864 bits per heavy atom. The number of alkyl halides is 5. The monoisotopic (exact) mass is 338 g/mol. The number of hydrogen-bond donors (Lipinski definition) is 1. The third kappa shape index (κ3) is 2.50. The summed E-state index contributed by atoms with van der Waals surface area (Å²) < 4.78 is 116. The van der Waals surface area contributed by atoms with Crippen molar-refractivity contribution in [2.24, 2.45) is 0 Å². The Labute approximate surface area is 115 Å². The maximum absolute atomic E-state index is 13.4. The lowest BCUT2D eigenvalue weighted by molar-refractivity contribution is -0.290. The third-order valence-corrected chi connectivity index (χ3v) is 2.50. The Hall–Kier alpha value is -2.20. The molecule has 1 aromatic rings. The number of aliphatic carboxylic acids is 1. The summed E-state index contributed by atoms with van der Waals surface area (Å²) in [6, 6.07) is 0. The van der Waals surface area contributed by atoms with Gasteiger partial charge in [0.1, 0.15) is 0 Å². The van der Waals surface area contributed by atoms with E-state index in [2.05, 4.69) is 6.58 Å². The Morgan fingerprint density at radius 3 is 1.64 bits per heavy atom. The second-order valence-corrected chi connectivity index (χ2v) is 3.86. The van der Waals surface area contributed by atoms with Crippen LogP contribution in [0.1, 0.15) is 11.1 Å². The summed E-state index contributed by atoms with van der Waals surface area (Å²) in [6.07, 6.45) is -6.53. The maximum atomic E-state index is 13.4. The van der Waals surface area contributed by atoms with Crippen molar-refractivity contribution in [2.75, 3.05) is 0 Å². The van der Waals surface area contributed by atoms with E-state index < -0.39 is 58.0 Å². The Morgan fingerprint density at radius 2 is 1.27 bits per heavy atom. The number of halogens is 9. The van der Waals surface area contributed by atoms with Crippen LogP contribution in [0.4, 0.5) is 39.5 Å². The molecule has 0 fully saturated rings. The number of hydrogen-bond acceptors (Lipinski definition) is 1. The molecule has 0 unspecified atom stereocenters. The van der Waals surface area contributed by atoms with Crippen molar-refractivity contribution in [3.05, 3.63) is 41.0 Å². The summed E-state index contributed by atoms with van der Waals surface area (Å²) in [6.45, 7) is 2.46. The molecule has 0 aliphatic heterocycles. The number of rotatable bonds is 3. The highest BCUT2D eigenvalue weighted by Gasteiger charge is 2.62.